The zero-order valence-electron chi connectivity index (χ0n) is 20.1. The number of nitrogens with zero attached hydrogens (tertiary/aromatic N) is 4. The first-order valence-electron chi connectivity index (χ1n) is 11.7. The summed E-state index contributed by atoms with van der Waals surface area (Å²) in [6.07, 6.45) is 8.06. The molecule has 2 aromatic carbocycles. The van der Waals surface area contributed by atoms with E-state index in [-0.39, 0.29) is 5.91 Å². The number of carbonyl (C=O) groups is 1. The monoisotopic (exact) mass is 475 g/mol. The Kier molecular flexibility index (Phi) is 6.53. The summed E-state index contributed by atoms with van der Waals surface area (Å²) < 4.78 is 8.14. The van der Waals surface area contributed by atoms with E-state index in [1.165, 1.54) is 0 Å². The zero-order chi connectivity index (χ0) is 24.9. The van der Waals surface area contributed by atoms with Gasteiger partial charge in [-0.2, -0.15) is 0 Å². The Balaban J connectivity index is 1.34. The molecule has 3 aromatic heterocycles. The van der Waals surface area contributed by atoms with Gasteiger partial charge in [-0.3, -0.25) is 4.79 Å². The van der Waals surface area contributed by atoms with E-state index in [0.717, 1.165) is 34.8 Å². The molecule has 5 rings (SSSR count). The molecular formula is C29H25N5O2. The minimum absolute atomic E-state index is 0.181. The molecule has 5 aromatic rings. The second-order valence-electron chi connectivity index (χ2n) is 8.24. The summed E-state index contributed by atoms with van der Waals surface area (Å²) in [6.45, 7) is 3.95. The Labute approximate surface area is 209 Å². The second-order valence-corrected chi connectivity index (χ2v) is 8.24. The molecule has 0 radical (unpaired) electrons. The van der Waals surface area contributed by atoms with Gasteiger partial charge in [0.15, 0.2) is 0 Å². The van der Waals surface area contributed by atoms with Crippen LogP contribution >= 0.6 is 0 Å². The summed E-state index contributed by atoms with van der Waals surface area (Å²) in [7, 11) is 0. The molecule has 0 aliphatic rings. The minimum atomic E-state index is -0.181. The molecule has 3 heterocycles. The molecule has 0 atom stereocenters. The van der Waals surface area contributed by atoms with Crippen LogP contribution in [-0.2, 0) is 6.42 Å². The third kappa shape index (κ3) is 5.00. The Hall–Kier alpha value is -4.78. The van der Waals surface area contributed by atoms with Crippen LogP contribution in [0.25, 0.3) is 16.9 Å². The summed E-state index contributed by atoms with van der Waals surface area (Å²) in [4.78, 5) is 26.2. The Morgan fingerprint density at radius 1 is 0.944 bits per heavy atom. The number of benzene rings is 2. The van der Waals surface area contributed by atoms with Crippen LogP contribution in [0.2, 0.25) is 0 Å². The predicted molar refractivity (Wildman–Crippen MR) is 140 cm³/mol. The molecule has 1 amide bonds. The summed E-state index contributed by atoms with van der Waals surface area (Å²) in [5.41, 5.74) is 4.59. The molecule has 7 nitrogen and oxygen atoms in total. The maximum atomic E-state index is 12.9. The van der Waals surface area contributed by atoms with Crippen molar-refractivity contribution in [1.29, 1.82) is 0 Å². The average molecular weight is 476 g/mol. The highest BCUT2D eigenvalue weighted by molar-refractivity contribution is 6.04. The molecule has 0 saturated heterocycles. The molecule has 1 N–H and O–H groups in total. The Morgan fingerprint density at radius 2 is 1.81 bits per heavy atom. The number of pyridine rings is 1. The molecule has 7 heteroatoms. The van der Waals surface area contributed by atoms with Crippen LogP contribution in [0, 0.1) is 6.92 Å². The van der Waals surface area contributed by atoms with Crippen LogP contribution in [-0.4, -0.2) is 25.4 Å². The smallest absolute Gasteiger partial charge is 0.255 e. The van der Waals surface area contributed by atoms with E-state index in [0.29, 0.717) is 22.9 Å². The van der Waals surface area contributed by atoms with Crippen LogP contribution in [0.5, 0.6) is 11.6 Å². The number of aryl methyl sites for hydroxylation is 2. The standard InChI is InChI=1S/C29H25N5O2/c1-3-27-30-15-13-25(33-27)24-10-7-14-31-29(24)36-26-12-11-22(18-20(26)2)32-28(35)21-8-6-9-23(19-21)34-16-4-5-17-34/h4-19H,3H2,1-2H3,(H,32,35). The number of nitrogens with one attached hydrogen (secondary N) is 1. The van der Waals surface area contributed by atoms with Gasteiger partial charge >= 0.3 is 0 Å². The van der Waals surface area contributed by atoms with Crippen LogP contribution in [0.1, 0.15) is 28.7 Å². The lowest BCUT2D eigenvalue weighted by molar-refractivity contribution is 0.102. The van der Waals surface area contributed by atoms with Crippen molar-refractivity contribution in [2.24, 2.45) is 0 Å². The van der Waals surface area contributed by atoms with E-state index in [4.69, 9.17) is 4.74 Å². The number of hydrogen-bond donors (Lipinski definition) is 1. The number of amides is 1. The molecular weight excluding hydrogens is 450 g/mol. The first kappa shape index (κ1) is 23.0. The van der Waals surface area contributed by atoms with Gasteiger partial charge in [0, 0.05) is 48.1 Å². The van der Waals surface area contributed by atoms with Gasteiger partial charge in [0.2, 0.25) is 5.88 Å². The van der Waals surface area contributed by atoms with Crippen LogP contribution in [0.4, 0.5) is 5.69 Å². The van der Waals surface area contributed by atoms with Crippen molar-refractivity contribution >= 4 is 11.6 Å². The van der Waals surface area contributed by atoms with Crippen molar-refractivity contribution in [2.45, 2.75) is 20.3 Å². The van der Waals surface area contributed by atoms with Crippen molar-refractivity contribution in [1.82, 2.24) is 19.5 Å². The molecule has 0 fully saturated rings. The molecule has 0 aliphatic heterocycles. The molecule has 178 valence electrons. The third-order valence-corrected chi connectivity index (χ3v) is 5.72. The fourth-order valence-corrected chi connectivity index (χ4v) is 3.85. The summed E-state index contributed by atoms with van der Waals surface area (Å²) in [5, 5.41) is 2.98. The number of ether oxygens (including phenoxy) is 1. The van der Waals surface area contributed by atoms with Gasteiger partial charge in [0.1, 0.15) is 11.6 Å². The van der Waals surface area contributed by atoms with E-state index in [9.17, 15) is 4.79 Å². The van der Waals surface area contributed by atoms with Gasteiger partial charge < -0.3 is 14.6 Å². The summed E-state index contributed by atoms with van der Waals surface area (Å²) in [6, 6.07) is 22.5. The summed E-state index contributed by atoms with van der Waals surface area (Å²) >= 11 is 0. The van der Waals surface area contributed by atoms with E-state index in [2.05, 4.69) is 20.3 Å². The third-order valence-electron chi connectivity index (χ3n) is 5.72. The molecule has 0 spiro atoms. The van der Waals surface area contributed by atoms with Crippen molar-refractivity contribution in [2.75, 3.05) is 5.32 Å². The van der Waals surface area contributed by atoms with Gasteiger partial charge in [0.25, 0.3) is 5.91 Å². The summed E-state index contributed by atoms with van der Waals surface area (Å²) in [5.74, 6) is 1.68. The fraction of sp³-hybridized carbons (Fsp3) is 0.103. The molecule has 0 aliphatic carbocycles. The van der Waals surface area contributed by atoms with E-state index >= 15 is 0 Å². The average Bonchev–Trinajstić information content (AvgIpc) is 3.46. The van der Waals surface area contributed by atoms with Gasteiger partial charge in [0.05, 0.1) is 11.3 Å². The first-order valence-corrected chi connectivity index (χ1v) is 11.7. The van der Waals surface area contributed by atoms with Gasteiger partial charge in [-0.15, -0.1) is 0 Å². The maximum Gasteiger partial charge on any atom is 0.255 e. The highest BCUT2D eigenvalue weighted by Gasteiger charge is 2.13. The quantitative estimate of drug-likeness (QED) is 0.301. The first-order chi connectivity index (χ1) is 17.6. The van der Waals surface area contributed by atoms with E-state index in [1.807, 2.05) is 97.5 Å². The van der Waals surface area contributed by atoms with Crippen molar-refractivity contribution in [3.63, 3.8) is 0 Å². The van der Waals surface area contributed by atoms with Gasteiger partial charge in [-0.05, 0) is 79.2 Å². The number of rotatable bonds is 7. The largest absolute Gasteiger partial charge is 0.438 e. The second kappa shape index (κ2) is 10.2. The normalized spacial score (nSPS) is 10.7. The topological polar surface area (TPSA) is 81.9 Å². The van der Waals surface area contributed by atoms with Crippen LogP contribution in [0.15, 0.2) is 97.6 Å². The Morgan fingerprint density at radius 3 is 2.61 bits per heavy atom. The van der Waals surface area contributed by atoms with Crippen LogP contribution in [0.3, 0.4) is 0 Å². The Bertz CT molecular complexity index is 1510. The van der Waals surface area contributed by atoms with E-state index < -0.39 is 0 Å². The predicted octanol–water partition coefficient (Wildman–Crippen LogP) is 6.24. The zero-order valence-corrected chi connectivity index (χ0v) is 20.1. The number of hydrogen-bond acceptors (Lipinski definition) is 5. The van der Waals surface area contributed by atoms with Gasteiger partial charge in [-0.25, -0.2) is 15.0 Å². The molecule has 36 heavy (non-hydrogen) atoms. The SMILES string of the molecule is CCc1nccc(-c2cccnc2Oc2ccc(NC(=O)c3cccc(-n4cccc4)c3)cc2C)n1. The molecule has 0 bridgehead atoms. The fourth-order valence-electron chi connectivity index (χ4n) is 3.85. The van der Waals surface area contributed by atoms with Crippen molar-refractivity contribution < 1.29 is 9.53 Å². The maximum absolute atomic E-state index is 12.9. The highest BCUT2D eigenvalue weighted by Crippen LogP contribution is 2.32. The highest BCUT2D eigenvalue weighted by atomic mass is 16.5. The minimum Gasteiger partial charge on any atom is -0.438 e. The molecule has 0 saturated carbocycles. The van der Waals surface area contributed by atoms with Gasteiger partial charge in [-0.1, -0.05) is 13.0 Å². The van der Waals surface area contributed by atoms with E-state index in [1.54, 1.807) is 18.5 Å². The number of carbonyl (C=O) groups excluding carboxylic acids is 1. The number of aromatic nitrogens is 4. The van der Waals surface area contributed by atoms with Crippen LogP contribution < -0.4 is 10.1 Å². The lowest BCUT2D eigenvalue weighted by Crippen LogP contribution is -2.12. The lowest BCUT2D eigenvalue weighted by atomic mass is 10.1. The van der Waals surface area contributed by atoms with Crippen molar-refractivity contribution in [3.8, 4) is 28.6 Å². The van der Waals surface area contributed by atoms with Crippen molar-refractivity contribution in [3.05, 3.63) is 115 Å². The lowest BCUT2D eigenvalue weighted by Gasteiger charge is -2.13. The number of anilines is 1. The molecule has 0 unspecified atom stereocenters.